The zero-order valence-electron chi connectivity index (χ0n) is 16.8. The lowest BCUT2D eigenvalue weighted by atomic mass is 10.0. The Kier molecular flexibility index (Phi) is 8.50. The van der Waals surface area contributed by atoms with Gasteiger partial charge in [-0.15, -0.1) is 0 Å². The number of nitrogens with one attached hydrogen (secondary N) is 1. The van der Waals surface area contributed by atoms with Crippen LogP contribution in [0.25, 0.3) is 0 Å². The summed E-state index contributed by atoms with van der Waals surface area (Å²) < 4.78 is 0. The second-order valence-electron chi connectivity index (χ2n) is 6.69. The molecule has 0 bridgehead atoms. The average Bonchev–Trinajstić information content (AvgIpc) is 2.81. The minimum atomic E-state index is -0.0370. The molecule has 0 unspecified atom stereocenters. The van der Waals surface area contributed by atoms with Crippen molar-refractivity contribution in [2.45, 2.75) is 48.0 Å². The van der Waals surface area contributed by atoms with Crippen LogP contribution in [0.3, 0.4) is 0 Å². The molecule has 0 amide bonds. The third kappa shape index (κ3) is 7.06. The van der Waals surface area contributed by atoms with E-state index < -0.39 is 0 Å². The summed E-state index contributed by atoms with van der Waals surface area (Å²) in [6, 6.07) is 10.9. The molecule has 2 heterocycles. The normalized spacial score (nSPS) is 12.8. The van der Waals surface area contributed by atoms with E-state index in [1.807, 2.05) is 38.1 Å². The first-order chi connectivity index (χ1) is 12.2. The van der Waals surface area contributed by atoms with Gasteiger partial charge in [0, 0.05) is 23.7 Å². The molecule has 0 fully saturated rings. The average molecular weight is 351 g/mol. The molecule has 0 aromatic carbocycles. The molecule has 1 aliphatic rings. The number of aryl methyl sites for hydroxylation is 2. The third-order valence-electron chi connectivity index (χ3n) is 4.13. The fourth-order valence-corrected chi connectivity index (χ4v) is 2.84. The molecule has 26 heavy (non-hydrogen) atoms. The fraction of sp³-hybridized carbons (Fsp3) is 0.304. The predicted molar refractivity (Wildman–Crippen MR) is 111 cm³/mol. The van der Waals surface area contributed by atoms with Gasteiger partial charge < -0.3 is 4.98 Å². The van der Waals surface area contributed by atoms with Gasteiger partial charge in [0.1, 0.15) is 0 Å². The van der Waals surface area contributed by atoms with Gasteiger partial charge in [0.15, 0.2) is 0 Å². The van der Waals surface area contributed by atoms with Crippen LogP contribution < -0.4 is 5.56 Å². The monoisotopic (exact) mass is 350 g/mol. The Balaban J connectivity index is 0.000000201. The first-order valence-corrected chi connectivity index (χ1v) is 8.78. The lowest BCUT2D eigenvalue weighted by molar-refractivity contribution is 1.14. The van der Waals surface area contributed by atoms with Crippen molar-refractivity contribution in [3.05, 3.63) is 98.8 Å². The Morgan fingerprint density at radius 3 is 1.96 bits per heavy atom. The maximum absolute atomic E-state index is 10.4. The van der Waals surface area contributed by atoms with E-state index in [4.69, 9.17) is 0 Å². The summed E-state index contributed by atoms with van der Waals surface area (Å²) >= 11 is 0. The van der Waals surface area contributed by atoms with Crippen molar-refractivity contribution in [2.24, 2.45) is 0 Å². The fourth-order valence-electron chi connectivity index (χ4n) is 2.84. The van der Waals surface area contributed by atoms with Gasteiger partial charge in [-0.05, 0) is 77.3 Å². The summed E-state index contributed by atoms with van der Waals surface area (Å²) in [5.74, 6) is 0. The highest BCUT2D eigenvalue weighted by molar-refractivity contribution is 5.53. The van der Waals surface area contributed by atoms with Crippen molar-refractivity contribution < 1.29 is 0 Å². The van der Waals surface area contributed by atoms with Crippen molar-refractivity contribution in [1.29, 1.82) is 0 Å². The number of H-pyrrole nitrogens is 1. The summed E-state index contributed by atoms with van der Waals surface area (Å²) in [7, 11) is 0. The lowest BCUT2D eigenvalue weighted by Crippen LogP contribution is -2.02. The highest BCUT2D eigenvalue weighted by Crippen LogP contribution is 2.34. The number of rotatable bonds is 1. The van der Waals surface area contributed by atoms with E-state index in [1.165, 1.54) is 33.9 Å². The smallest absolute Gasteiger partial charge is 0.248 e. The second-order valence-corrected chi connectivity index (χ2v) is 6.69. The molecular weight excluding hydrogens is 320 g/mol. The molecule has 0 saturated carbocycles. The van der Waals surface area contributed by atoms with Gasteiger partial charge >= 0.3 is 0 Å². The number of allylic oxidation sites excluding steroid dienone is 5. The van der Waals surface area contributed by atoms with Crippen molar-refractivity contribution in [2.75, 3.05) is 0 Å². The molecular formula is C23H30N2O. The van der Waals surface area contributed by atoms with Gasteiger partial charge in [-0.2, -0.15) is 0 Å². The Hall–Kier alpha value is -2.68. The zero-order chi connectivity index (χ0) is 19.7. The van der Waals surface area contributed by atoms with E-state index in [2.05, 4.69) is 44.2 Å². The van der Waals surface area contributed by atoms with Crippen molar-refractivity contribution >= 4 is 0 Å². The number of hydrogen-bond acceptors (Lipinski definition) is 2. The van der Waals surface area contributed by atoms with E-state index in [0.717, 1.165) is 17.8 Å². The minimum absolute atomic E-state index is 0.0370. The van der Waals surface area contributed by atoms with Gasteiger partial charge in [-0.1, -0.05) is 35.4 Å². The maximum Gasteiger partial charge on any atom is 0.248 e. The maximum atomic E-state index is 10.4. The van der Waals surface area contributed by atoms with Crippen molar-refractivity contribution in [3.8, 4) is 0 Å². The van der Waals surface area contributed by atoms with Crippen molar-refractivity contribution in [1.82, 2.24) is 9.97 Å². The summed E-state index contributed by atoms with van der Waals surface area (Å²) in [5.41, 5.74) is 8.97. The molecule has 138 valence electrons. The highest BCUT2D eigenvalue weighted by atomic mass is 16.1. The summed E-state index contributed by atoms with van der Waals surface area (Å²) in [6.45, 7) is 16.5. The molecule has 2 aromatic rings. The van der Waals surface area contributed by atoms with Crippen LogP contribution in [0.1, 0.15) is 45.5 Å². The molecule has 3 rings (SSSR count). The van der Waals surface area contributed by atoms with E-state index in [1.54, 1.807) is 12.3 Å². The predicted octanol–water partition coefficient (Wildman–Crippen LogP) is 5.69. The minimum Gasteiger partial charge on any atom is -0.327 e. The van der Waals surface area contributed by atoms with Crippen LogP contribution in [0, 0.1) is 13.8 Å². The molecule has 1 N–H and O–H groups in total. The van der Waals surface area contributed by atoms with Gasteiger partial charge in [0.05, 0.1) is 0 Å². The molecule has 0 spiro atoms. The van der Waals surface area contributed by atoms with Crippen molar-refractivity contribution in [3.63, 3.8) is 0 Å². The topological polar surface area (TPSA) is 45.8 Å². The summed E-state index contributed by atoms with van der Waals surface area (Å²) in [4.78, 5) is 17.0. The molecule has 3 heteroatoms. The largest absolute Gasteiger partial charge is 0.327 e. The van der Waals surface area contributed by atoms with Crippen LogP contribution in [0.5, 0.6) is 0 Å². The SMILES string of the molecule is C=C(C)C1=C(C)CC(C)=C1C.Cc1cccc(=O)[nH]1.Cc1ccccn1. The number of aromatic amines is 1. The molecule has 0 radical (unpaired) electrons. The zero-order valence-corrected chi connectivity index (χ0v) is 16.8. The van der Waals surface area contributed by atoms with E-state index >= 15 is 0 Å². The van der Waals surface area contributed by atoms with Crippen LogP contribution in [-0.4, -0.2) is 9.97 Å². The van der Waals surface area contributed by atoms with E-state index in [-0.39, 0.29) is 5.56 Å². The summed E-state index contributed by atoms with van der Waals surface area (Å²) in [6.07, 6.45) is 2.93. The Morgan fingerprint density at radius 2 is 1.69 bits per heavy atom. The Morgan fingerprint density at radius 1 is 1.00 bits per heavy atom. The molecule has 1 aliphatic carbocycles. The Bertz CT molecular complexity index is 855. The van der Waals surface area contributed by atoms with E-state index in [9.17, 15) is 4.79 Å². The van der Waals surface area contributed by atoms with Crippen LogP contribution in [-0.2, 0) is 0 Å². The number of aromatic nitrogens is 2. The number of pyridine rings is 2. The van der Waals surface area contributed by atoms with Crippen LogP contribution in [0.15, 0.2) is 81.8 Å². The molecule has 2 aromatic heterocycles. The molecule has 0 aliphatic heterocycles. The number of hydrogen-bond donors (Lipinski definition) is 1. The van der Waals surface area contributed by atoms with Crippen LogP contribution in [0.4, 0.5) is 0 Å². The third-order valence-corrected chi connectivity index (χ3v) is 4.13. The lowest BCUT2D eigenvalue weighted by Gasteiger charge is -2.04. The second kappa shape index (κ2) is 10.3. The van der Waals surface area contributed by atoms with Crippen LogP contribution in [0.2, 0.25) is 0 Å². The van der Waals surface area contributed by atoms with Gasteiger partial charge in [-0.25, -0.2) is 0 Å². The van der Waals surface area contributed by atoms with Gasteiger partial charge in [0.2, 0.25) is 5.56 Å². The summed E-state index contributed by atoms with van der Waals surface area (Å²) in [5, 5.41) is 0. The molecule has 3 nitrogen and oxygen atoms in total. The van der Waals surface area contributed by atoms with Crippen LogP contribution >= 0.6 is 0 Å². The first kappa shape index (κ1) is 21.4. The van der Waals surface area contributed by atoms with E-state index in [0.29, 0.717) is 0 Å². The number of nitrogens with zero attached hydrogens (tertiary/aromatic N) is 1. The molecule has 0 atom stereocenters. The van der Waals surface area contributed by atoms with Gasteiger partial charge in [0.25, 0.3) is 0 Å². The quantitative estimate of drug-likeness (QED) is 0.718. The first-order valence-electron chi connectivity index (χ1n) is 8.78. The Labute approximate surface area is 157 Å². The molecule has 0 saturated heterocycles. The van der Waals surface area contributed by atoms with Gasteiger partial charge in [-0.3, -0.25) is 9.78 Å². The standard InChI is InChI=1S/C11H16.C6H7NO.C6H7N/c1-7(2)11-9(4)6-8(3)10(11)5;1-5-3-2-4-6(8)7-5;1-6-4-2-3-5-7-6/h1,6H2,2-5H3;2-4H,1H3,(H,7,8);2-5H,1H3. The highest BCUT2D eigenvalue weighted by Gasteiger charge is 2.15.